The molecule has 0 aromatic heterocycles. The van der Waals surface area contributed by atoms with E-state index in [0.717, 1.165) is 16.7 Å². The highest BCUT2D eigenvalue weighted by molar-refractivity contribution is 6.30. The summed E-state index contributed by atoms with van der Waals surface area (Å²) in [5.74, 6) is 0.0568. The standard InChI is InChI=1S/C18H18ClN3O/c1-18(11-16(23)22(2)17(20)21-18)14-7-3-5-12(9-14)13-6-4-8-15(19)10-13/h3-10H,11H2,1-2H3,(H2,20,21)/t18-/m0/s1. The zero-order chi connectivity index (χ0) is 16.6. The van der Waals surface area contributed by atoms with Crippen molar-refractivity contribution in [1.29, 1.82) is 5.41 Å². The second kappa shape index (κ2) is 5.70. The van der Waals surface area contributed by atoms with Crippen LogP contribution >= 0.6 is 11.6 Å². The van der Waals surface area contributed by atoms with Crippen molar-refractivity contribution in [2.75, 3.05) is 7.05 Å². The van der Waals surface area contributed by atoms with Crippen LogP contribution in [0.25, 0.3) is 11.1 Å². The summed E-state index contributed by atoms with van der Waals surface area (Å²) in [4.78, 5) is 13.5. The lowest BCUT2D eigenvalue weighted by atomic mass is 9.85. The van der Waals surface area contributed by atoms with Gasteiger partial charge in [0.05, 0.1) is 12.0 Å². The van der Waals surface area contributed by atoms with E-state index in [1.54, 1.807) is 7.05 Å². The van der Waals surface area contributed by atoms with Crippen LogP contribution in [0.3, 0.4) is 0 Å². The SMILES string of the molecule is CN1C(=N)N[C@](C)(c2cccc(-c3cccc(Cl)c3)c2)CC1=O. The van der Waals surface area contributed by atoms with Crippen molar-refractivity contribution in [3.8, 4) is 11.1 Å². The summed E-state index contributed by atoms with van der Waals surface area (Å²) in [5, 5.41) is 11.8. The van der Waals surface area contributed by atoms with Crippen molar-refractivity contribution >= 4 is 23.5 Å². The maximum absolute atomic E-state index is 12.1. The number of carbonyl (C=O) groups is 1. The molecule has 1 aliphatic heterocycles. The first-order valence-corrected chi connectivity index (χ1v) is 7.77. The molecule has 118 valence electrons. The molecule has 2 N–H and O–H groups in total. The minimum absolute atomic E-state index is 0.0654. The van der Waals surface area contributed by atoms with Gasteiger partial charge in [-0.15, -0.1) is 0 Å². The van der Waals surface area contributed by atoms with Crippen LogP contribution in [-0.4, -0.2) is 23.8 Å². The normalized spacial score (nSPS) is 21.3. The lowest BCUT2D eigenvalue weighted by molar-refractivity contribution is -0.129. The van der Waals surface area contributed by atoms with Gasteiger partial charge in [0.1, 0.15) is 0 Å². The fourth-order valence-electron chi connectivity index (χ4n) is 2.82. The molecule has 1 saturated heterocycles. The average molecular weight is 328 g/mol. The van der Waals surface area contributed by atoms with Crippen LogP contribution in [0.2, 0.25) is 5.02 Å². The number of benzene rings is 2. The lowest BCUT2D eigenvalue weighted by Gasteiger charge is -2.39. The molecule has 0 unspecified atom stereocenters. The molecule has 1 heterocycles. The van der Waals surface area contributed by atoms with Gasteiger partial charge in [0.25, 0.3) is 0 Å². The van der Waals surface area contributed by atoms with Gasteiger partial charge in [-0.1, -0.05) is 41.9 Å². The van der Waals surface area contributed by atoms with E-state index in [1.807, 2.05) is 55.5 Å². The first-order chi connectivity index (χ1) is 10.9. The van der Waals surface area contributed by atoms with E-state index in [9.17, 15) is 4.79 Å². The number of carbonyl (C=O) groups excluding carboxylic acids is 1. The Balaban J connectivity index is 1.99. The number of nitrogens with one attached hydrogen (secondary N) is 2. The number of rotatable bonds is 2. The number of guanidine groups is 1. The van der Waals surface area contributed by atoms with Crippen LogP contribution < -0.4 is 5.32 Å². The number of hydrogen-bond acceptors (Lipinski definition) is 2. The molecular weight excluding hydrogens is 310 g/mol. The fraction of sp³-hybridized carbons (Fsp3) is 0.222. The molecule has 2 aromatic rings. The third-order valence-corrected chi connectivity index (χ3v) is 4.50. The Morgan fingerprint density at radius 3 is 2.48 bits per heavy atom. The third kappa shape index (κ3) is 2.94. The van der Waals surface area contributed by atoms with Gasteiger partial charge in [-0.2, -0.15) is 0 Å². The molecule has 5 heteroatoms. The van der Waals surface area contributed by atoms with E-state index >= 15 is 0 Å². The summed E-state index contributed by atoms with van der Waals surface area (Å²) in [6.45, 7) is 1.95. The molecule has 1 atom stereocenters. The molecule has 1 fully saturated rings. The highest BCUT2D eigenvalue weighted by atomic mass is 35.5. The van der Waals surface area contributed by atoms with Crippen LogP contribution in [0.4, 0.5) is 0 Å². The first-order valence-electron chi connectivity index (χ1n) is 7.39. The maximum Gasteiger partial charge on any atom is 0.231 e. The zero-order valence-corrected chi connectivity index (χ0v) is 13.8. The lowest BCUT2D eigenvalue weighted by Crippen LogP contribution is -2.58. The Kier molecular flexibility index (Phi) is 3.86. The Labute approximate surface area is 140 Å². The van der Waals surface area contributed by atoms with Crippen LogP contribution in [0.1, 0.15) is 18.9 Å². The Morgan fingerprint density at radius 2 is 1.83 bits per heavy atom. The van der Waals surface area contributed by atoms with Gasteiger partial charge in [0.15, 0.2) is 5.96 Å². The third-order valence-electron chi connectivity index (χ3n) is 4.27. The van der Waals surface area contributed by atoms with Crippen LogP contribution in [0.5, 0.6) is 0 Å². The van der Waals surface area contributed by atoms with Gasteiger partial charge in [0.2, 0.25) is 5.91 Å². The monoisotopic (exact) mass is 327 g/mol. The molecule has 1 aliphatic rings. The Morgan fingerprint density at radius 1 is 1.17 bits per heavy atom. The van der Waals surface area contributed by atoms with Crippen molar-refractivity contribution in [3.63, 3.8) is 0 Å². The highest BCUT2D eigenvalue weighted by Crippen LogP contribution is 2.32. The number of halogens is 1. The van der Waals surface area contributed by atoms with E-state index in [-0.39, 0.29) is 11.9 Å². The fourth-order valence-corrected chi connectivity index (χ4v) is 3.01. The van der Waals surface area contributed by atoms with Gasteiger partial charge in [-0.05, 0) is 41.8 Å². The summed E-state index contributed by atoms with van der Waals surface area (Å²) in [7, 11) is 1.61. The largest absolute Gasteiger partial charge is 0.346 e. The van der Waals surface area contributed by atoms with Gasteiger partial charge in [-0.25, -0.2) is 0 Å². The molecule has 3 rings (SSSR count). The van der Waals surface area contributed by atoms with E-state index in [0.29, 0.717) is 11.4 Å². The van der Waals surface area contributed by atoms with Crippen molar-refractivity contribution in [2.45, 2.75) is 18.9 Å². The predicted molar refractivity (Wildman–Crippen MR) is 92.5 cm³/mol. The molecule has 1 amide bonds. The molecule has 0 radical (unpaired) electrons. The summed E-state index contributed by atoms with van der Waals surface area (Å²) in [6.07, 6.45) is 0.310. The topological polar surface area (TPSA) is 56.2 Å². The molecule has 0 saturated carbocycles. The smallest absolute Gasteiger partial charge is 0.231 e. The van der Waals surface area contributed by atoms with E-state index in [1.165, 1.54) is 4.90 Å². The molecule has 4 nitrogen and oxygen atoms in total. The molecule has 0 aliphatic carbocycles. The second-order valence-electron chi connectivity index (χ2n) is 6.03. The second-order valence-corrected chi connectivity index (χ2v) is 6.46. The average Bonchev–Trinajstić information content (AvgIpc) is 2.53. The quantitative estimate of drug-likeness (QED) is 0.885. The van der Waals surface area contributed by atoms with Gasteiger partial charge >= 0.3 is 0 Å². The van der Waals surface area contributed by atoms with E-state index < -0.39 is 5.54 Å². The minimum atomic E-state index is -0.588. The van der Waals surface area contributed by atoms with Gasteiger partial charge in [-0.3, -0.25) is 15.1 Å². The Hall–Kier alpha value is -2.33. The molecule has 2 aromatic carbocycles. The van der Waals surface area contributed by atoms with Crippen molar-refractivity contribution in [1.82, 2.24) is 10.2 Å². The van der Waals surface area contributed by atoms with Crippen LogP contribution in [-0.2, 0) is 10.3 Å². The first kappa shape index (κ1) is 15.6. The molecule has 23 heavy (non-hydrogen) atoms. The minimum Gasteiger partial charge on any atom is -0.346 e. The summed E-state index contributed by atoms with van der Waals surface area (Å²) < 4.78 is 0. The van der Waals surface area contributed by atoms with Gasteiger partial charge < -0.3 is 5.32 Å². The van der Waals surface area contributed by atoms with Crippen molar-refractivity contribution in [3.05, 3.63) is 59.1 Å². The summed E-state index contributed by atoms with van der Waals surface area (Å²) in [6, 6.07) is 15.7. The number of hydrogen-bond donors (Lipinski definition) is 2. The van der Waals surface area contributed by atoms with E-state index in [2.05, 4.69) is 5.32 Å². The molecule has 0 bridgehead atoms. The van der Waals surface area contributed by atoms with Gasteiger partial charge in [0, 0.05) is 12.1 Å². The molecular formula is C18H18ClN3O. The summed E-state index contributed by atoms with van der Waals surface area (Å²) in [5.41, 5.74) is 2.44. The van der Waals surface area contributed by atoms with E-state index in [4.69, 9.17) is 17.0 Å². The zero-order valence-electron chi connectivity index (χ0n) is 13.1. The number of nitrogens with zero attached hydrogens (tertiary/aromatic N) is 1. The number of amides is 1. The predicted octanol–water partition coefficient (Wildman–Crippen LogP) is 3.61. The maximum atomic E-state index is 12.1. The van der Waals surface area contributed by atoms with Crippen molar-refractivity contribution in [2.24, 2.45) is 0 Å². The van der Waals surface area contributed by atoms with Crippen LogP contribution in [0, 0.1) is 5.41 Å². The Bertz CT molecular complexity index is 769. The summed E-state index contributed by atoms with van der Waals surface area (Å²) >= 11 is 6.07. The highest BCUT2D eigenvalue weighted by Gasteiger charge is 2.37. The van der Waals surface area contributed by atoms with Crippen molar-refractivity contribution < 1.29 is 4.79 Å². The van der Waals surface area contributed by atoms with Crippen LogP contribution in [0.15, 0.2) is 48.5 Å². The molecule has 0 spiro atoms.